The highest BCUT2D eigenvalue weighted by Crippen LogP contribution is 2.25. The number of rotatable bonds is 5. The first-order valence-corrected chi connectivity index (χ1v) is 7.88. The Labute approximate surface area is 111 Å². The Bertz CT molecular complexity index is 531. The third-order valence-electron chi connectivity index (χ3n) is 2.31. The highest BCUT2D eigenvalue weighted by atomic mass is 32.2. The molecule has 2 N–H and O–H groups in total. The number of carbonyl (C=O) groups excluding carboxylic acids is 1. The minimum Gasteiger partial charge on any atom is -0.461 e. The Balaban J connectivity index is 2.77. The molecular weight excluding hydrogens is 274 g/mol. The van der Waals surface area contributed by atoms with Crippen LogP contribution >= 0.6 is 11.3 Å². The first-order valence-electron chi connectivity index (χ1n) is 5.52. The first kappa shape index (κ1) is 15.1. The van der Waals surface area contributed by atoms with E-state index in [2.05, 4.69) is 0 Å². The average molecular weight is 291 g/mol. The van der Waals surface area contributed by atoms with E-state index in [1.54, 1.807) is 6.92 Å². The second-order valence-electron chi connectivity index (χ2n) is 4.39. The van der Waals surface area contributed by atoms with Crippen molar-refractivity contribution < 1.29 is 17.9 Å². The third-order valence-corrected chi connectivity index (χ3v) is 4.51. The van der Waals surface area contributed by atoms with Crippen molar-refractivity contribution in [1.29, 1.82) is 0 Å². The van der Waals surface area contributed by atoms with E-state index in [1.807, 2.05) is 13.8 Å². The zero-order valence-electron chi connectivity index (χ0n) is 10.6. The summed E-state index contributed by atoms with van der Waals surface area (Å²) in [6.45, 7) is 6.00. The average Bonchev–Trinajstić information content (AvgIpc) is 2.59. The van der Waals surface area contributed by atoms with Crippen LogP contribution < -0.4 is 5.14 Å². The molecule has 0 saturated heterocycles. The van der Waals surface area contributed by atoms with Crippen molar-refractivity contribution in [2.75, 3.05) is 6.61 Å². The van der Waals surface area contributed by atoms with Gasteiger partial charge in [-0.25, -0.2) is 18.4 Å². The number of hydrogen-bond acceptors (Lipinski definition) is 5. The lowest BCUT2D eigenvalue weighted by Gasteiger charge is -2.04. The maximum Gasteiger partial charge on any atom is 0.348 e. The predicted octanol–water partition coefficient (Wildman–Crippen LogP) is 1.91. The van der Waals surface area contributed by atoms with Crippen molar-refractivity contribution in [3.63, 3.8) is 0 Å². The van der Waals surface area contributed by atoms with Gasteiger partial charge in [0, 0.05) is 4.88 Å². The summed E-state index contributed by atoms with van der Waals surface area (Å²) >= 11 is 1.07. The van der Waals surface area contributed by atoms with Crippen LogP contribution in [0.1, 0.15) is 34.8 Å². The summed E-state index contributed by atoms with van der Waals surface area (Å²) in [4.78, 5) is 12.4. The molecule has 0 atom stereocenters. The van der Waals surface area contributed by atoms with Gasteiger partial charge < -0.3 is 4.74 Å². The number of esters is 1. The largest absolute Gasteiger partial charge is 0.461 e. The fourth-order valence-electron chi connectivity index (χ4n) is 1.31. The molecule has 5 nitrogen and oxygen atoms in total. The summed E-state index contributed by atoms with van der Waals surface area (Å²) in [5.41, 5.74) is 0. The predicted molar refractivity (Wildman–Crippen MR) is 70.2 cm³/mol. The molecule has 1 heterocycles. The molecule has 0 aromatic carbocycles. The molecule has 1 rings (SSSR count). The van der Waals surface area contributed by atoms with E-state index < -0.39 is 16.0 Å². The Hall–Kier alpha value is -0.920. The third kappa shape index (κ3) is 4.08. The van der Waals surface area contributed by atoms with Crippen LogP contribution in [0.4, 0.5) is 0 Å². The minimum atomic E-state index is -3.78. The molecule has 7 heteroatoms. The van der Waals surface area contributed by atoms with Gasteiger partial charge in [0.25, 0.3) is 0 Å². The number of ether oxygens (including phenoxy) is 1. The molecule has 0 radical (unpaired) electrons. The van der Waals surface area contributed by atoms with Crippen molar-refractivity contribution >= 4 is 27.3 Å². The van der Waals surface area contributed by atoms with Gasteiger partial charge in [-0.2, -0.15) is 0 Å². The van der Waals surface area contributed by atoms with Crippen LogP contribution in [0.25, 0.3) is 0 Å². The summed E-state index contributed by atoms with van der Waals surface area (Å²) in [5, 5.41) is 5.04. The lowest BCUT2D eigenvalue weighted by atomic mass is 10.1. The molecule has 1 aromatic heterocycles. The number of hydrogen-bond donors (Lipinski definition) is 1. The second kappa shape index (κ2) is 5.81. The molecular formula is C11H17NO4S2. The molecule has 0 aliphatic carbocycles. The number of thiophene rings is 1. The van der Waals surface area contributed by atoms with Crippen molar-refractivity contribution in [2.24, 2.45) is 11.1 Å². The summed E-state index contributed by atoms with van der Waals surface area (Å²) in [6, 6.07) is 1.27. The number of nitrogens with two attached hydrogens (primary N) is 1. The second-order valence-corrected chi connectivity index (χ2v) is 7.18. The summed E-state index contributed by atoms with van der Waals surface area (Å²) < 4.78 is 27.5. The molecule has 102 valence electrons. The quantitative estimate of drug-likeness (QED) is 0.839. The fraction of sp³-hybridized carbons (Fsp3) is 0.545. The van der Waals surface area contributed by atoms with Crippen molar-refractivity contribution in [1.82, 2.24) is 0 Å². The van der Waals surface area contributed by atoms with E-state index in [9.17, 15) is 13.2 Å². The van der Waals surface area contributed by atoms with E-state index in [4.69, 9.17) is 9.88 Å². The van der Waals surface area contributed by atoms with Crippen molar-refractivity contribution in [2.45, 2.75) is 32.1 Å². The van der Waals surface area contributed by atoms with Gasteiger partial charge >= 0.3 is 5.97 Å². The van der Waals surface area contributed by atoms with E-state index in [0.29, 0.717) is 17.4 Å². The van der Waals surface area contributed by atoms with Gasteiger partial charge in [0.05, 0.1) is 11.5 Å². The molecule has 0 saturated carbocycles. The number of primary sulfonamides is 1. The van der Waals surface area contributed by atoms with Gasteiger partial charge in [-0.1, -0.05) is 13.8 Å². The van der Waals surface area contributed by atoms with E-state index in [1.165, 1.54) is 6.07 Å². The van der Waals surface area contributed by atoms with Gasteiger partial charge in [0.15, 0.2) is 0 Å². The first-order chi connectivity index (χ1) is 8.21. The zero-order chi connectivity index (χ0) is 13.9. The number of aryl methyl sites for hydroxylation is 1. The Kier molecular flexibility index (Phi) is 4.89. The highest BCUT2D eigenvalue weighted by Gasteiger charge is 2.19. The smallest absolute Gasteiger partial charge is 0.348 e. The highest BCUT2D eigenvalue weighted by molar-refractivity contribution is 7.89. The maximum absolute atomic E-state index is 11.7. The topological polar surface area (TPSA) is 86.5 Å². The van der Waals surface area contributed by atoms with Crippen LogP contribution in [0.2, 0.25) is 0 Å². The molecule has 0 unspecified atom stereocenters. The number of carbonyl (C=O) groups is 1. The van der Waals surface area contributed by atoms with E-state index in [0.717, 1.165) is 17.8 Å². The summed E-state index contributed by atoms with van der Waals surface area (Å²) in [7, 11) is -3.78. The summed E-state index contributed by atoms with van der Waals surface area (Å²) in [5.74, 6) is -0.0542. The lowest BCUT2D eigenvalue weighted by Crippen LogP contribution is -2.12. The molecule has 18 heavy (non-hydrogen) atoms. The van der Waals surface area contributed by atoms with Crippen molar-refractivity contribution in [3.05, 3.63) is 15.8 Å². The number of sulfonamides is 1. The monoisotopic (exact) mass is 291 g/mol. The van der Waals surface area contributed by atoms with Gasteiger partial charge in [-0.3, -0.25) is 0 Å². The Morgan fingerprint density at radius 2 is 2.11 bits per heavy atom. The lowest BCUT2D eigenvalue weighted by molar-refractivity contribution is 0.0493. The van der Waals surface area contributed by atoms with Crippen LogP contribution in [0, 0.1) is 12.8 Å². The minimum absolute atomic E-state index is 0.0108. The summed E-state index contributed by atoms with van der Waals surface area (Å²) in [6.07, 6.45) is 0.776. The van der Waals surface area contributed by atoms with Gasteiger partial charge in [-0.05, 0) is 25.3 Å². The maximum atomic E-state index is 11.7. The molecule has 0 aliphatic rings. The van der Waals surface area contributed by atoms with Crippen LogP contribution in [-0.2, 0) is 14.8 Å². The van der Waals surface area contributed by atoms with Gasteiger partial charge in [-0.15, -0.1) is 11.3 Å². The van der Waals surface area contributed by atoms with E-state index >= 15 is 0 Å². The van der Waals surface area contributed by atoms with Crippen LogP contribution in [0.5, 0.6) is 0 Å². The zero-order valence-corrected chi connectivity index (χ0v) is 12.2. The molecule has 0 spiro atoms. The Morgan fingerprint density at radius 3 is 2.56 bits per heavy atom. The standard InChI is InChI=1S/C11H17NO4S2/c1-7(2)4-5-16-11(13)9-6-10(8(3)17-9)18(12,14)15/h6-7H,4-5H2,1-3H3,(H2,12,14,15). The van der Waals surface area contributed by atoms with Crippen LogP contribution in [0.3, 0.4) is 0 Å². The van der Waals surface area contributed by atoms with Gasteiger partial charge in [0.1, 0.15) is 4.88 Å². The van der Waals surface area contributed by atoms with Crippen LogP contribution in [0.15, 0.2) is 11.0 Å². The van der Waals surface area contributed by atoms with E-state index in [-0.39, 0.29) is 9.77 Å². The van der Waals surface area contributed by atoms with Gasteiger partial charge in [0.2, 0.25) is 10.0 Å². The van der Waals surface area contributed by atoms with Crippen LogP contribution in [-0.4, -0.2) is 21.0 Å². The van der Waals surface area contributed by atoms with Crippen molar-refractivity contribution in [3.8, 4) is 0 Å². The molecule has 0 fully saturated rings. The molecule has 0 aliphatic heterocycles. The molecule has 1 aromatic rings. The molecule has 0 amide bonds. The molecule has 0 bridgehead atoms. The SMILES string of the molecule is Cc1sc(C(=O)OCCC(C)C)cc1S(N)(=O)=O. The normalized spacial score (nSPS) is 11.8. The fourth-order valence-corrected chi connectivity index (χ4v) is 3.35. The Morgan fingerprint density at radius 1 is 1.50 bits per heavy atom.